The molecule has 1 aliphatic heterocycles. The Morgan fingerprint density at radius 1 is 1.63 bits per heavy atom. The van der Waals surface area contributed by atoms with Gasteiger partial charge in [-0.1, -0.05) is 11.6 Å². The van der Waals surface area contributed by atoms with Gasteiger partial charge in [0.05, 0.1) is 11.6 Å². The lowest BCUT2D eigenvalue weighted by Gasteiger charge is -2.33. The van der Waals surface area contributed by atoms with Crippen molar-refractivity contribution < 1.29 is 9.53 Å². The van der Waals surface area contributed by atoms with E-state index < -0.39 is 5.54 Å². The molecule has 0 aromatic heterocycles. The Bertz CT molecular complexity index is 492. The van der Waals surface area contributed by atoms with Gasteiger partial charge in [-0.3, -0.25) is 4.79 Å². The van der Waals surface area contributed by atoms with Gasteiger partial charge < -0.3 is 15.8 Å². The van der Waals surface area contributed by atoms with Crippen molar-refractivity contribution in [2.75, 3.05) is 18.5 Å². The predicted octanol–water partition coefficient (Wildman–Crippen LogP) is 2.79. The molecule has 104 valence electrons. The lowest BCUT2D eigenvalue weighted by Crippen LogP contribution is -2.53. The van der Waals surface area contributed by atoms with Crippen LogP contribution in [0.25, 0.3) is 0 Å². The first-order valence-corrected chi connectivity index (χ1v) is 7.21. The van der Waals surface area contributed by atoms with Crippen LogP contribution in [0.3, 0.4) is 0 Å². The van der Waals surface area contributed by atoms with Crippen LogP contribution in [0.2, 0.25) is 5.02 Å². The maximum atomic E-state index is 11.8. The Morgan fingerprint density at radius 3 is 2.89 bits per heavy atom. The number of hydrogen-bond donors (Lipinski definition) is 2. The van der Waals surface area contributed by atoms with E-state index in [1.807, 2.05) is 19.1 Å². The van der Waals surface area contributed by atoms with E-state index in [0.717, 1.165) is 16.6 Å². The fourth-order valence-corrected chi connectivity index (χ4v) is 2.72. The van der Waals surface area contributed by atoms with Crippen LogP contribution < -0.4 is 11.1 Å². The third kappa shape index (κ3) is 3.04. The highest BCUT2D eigenvalue weighted by Gasteiger charge is 2.41. The molecule has 1 aromatic carbocycles. The monoisotopic (exact) mass is 346 g/mol. The first-order chi connectivity index (χ1) is 8.93. The highest BCUT2D eigenvalue weighted by molar-refractivity contribution is 9.10. The number of amides is 1. The number of hydrogen-bond acceptors (Lipinski definition) is 3. The summed E-state index contributed by atoms with van der Waals surface area (Å²) < 4.78 is 6.13. The fraction of sp³-hybridized carbons (Fsp3) is 0.462. The van der Waals surface area contributed by atoms with Crippen LogP contribution in [-0.4, -0.2) is 24.7 Å². The van der Waals surface area contributed by atoms with Crippen LogP contribution in [0.5, 0.6) is 0 Å². The normalized spacial score (nSPS) is 21.9. The number of carbonyl (C=O) groups excluding carboxylic acids is 1. The largest absolute Gasteiger partial charge is 0.381 e. The summed E-state index contributed by atoms with van der Waals surface area (Å²) in [6.45, 7) is 3.03. The molecule has 1 aromatic rings. The van der Waals surface area contributed by atoms with E-state index in [1.54, 1.807) is 6.07 Å². The van der Waals surface area contributed by atoms with Crippen molar-refractivity contribution in [1.82, 2.24) is 0 Å². The molecule has 6 heteroatoms. The van der Waals surface area contributed by atoms with Crippen LogP contribution in [0, 0.1) is 5.92 Å². The van der Waals surface area contributed by atoms with Crippen molar-refractivity contribution in [3.05, 3.63) is 27.7 Å². The van der Waals surface area contributed by atoms with Crippen LogP contribution in [0.1, 0.15) is 13.3 Å². The maximum Gasteiger partial charge on any atom is 0.243 e. The van der Waals surface area contributed by atoms with E-state index in [2.05, 4.69) is 21.2 Å². The smallest absolute Gasteiger partial charge is 0.243 e. The van der Waals surface area contributed by atoms with Crippen molar-refractivity contribution in [3.63, 3.8) is 0 Å². The molecule has 1 heterocycles. The van der Waals surface area contributed by atoms with E-state index in [4.69, 9.17) is 22.1 Å². The quantitative estimate of drug-likeness (QED) is 0.880. The lowest BCUT2D eigenvalue weighted by molar-refractivity contribution is -0.123. The third-order valence-electron chi connectivity index (χ3n) is 3.58. The summed E-state index contributed by atoms with van der Waals surface area (Å²) in [7, 11) is 0. The molecule has 2 unspecified atom stereocenters. The summed E-state index contributed by atoms with van der Waals surface area (Å²) in [6, 6.07) is 5.42. The minimum Gasteiger partial charge on any atom is -0.381 e. The number of carbonyl (C=O) groups is 1. The van der Waals surface area contributed by atoms with Gasteiger partial charge in [0.25, 0.3) is 0 Å². The Hall–Kier alpha value is -0.780. The van der Waals surface area contributed by atoms with Crippen molar-refractivity contribution in [3.8, 4) is 0 Å². The average Bonchev–Trinajstić information content (AvgIpc) is 2.87. The van der Waals surface area contributed by atoms with Crippen LogP contribution in [-0.2, 0) is 9.53 Å². The molecule has 4 nitrogen and oxygen atoms in total. The van der Waals surface area contributed by atoms with E-state index in [0.29, 0.717) is 18.2 Å². The molecule has 0 saturated carbocycles. The van der Waals surface area contributed by atoms with E-state index in [9.17, 15) is 4.79 Å². The number of anilines is 1. The highest BCUT2D eigenvalue weighted by atomic mass is 79.9. The molecule has 0 aliphatic carbocycles. The van der Waals surface area contributed by atoms with Gasteiger partial charge >= 0.3 is 0 Å². The summed E-state index contributed by atoms with van der Waals surface area (Å²) in [4.78, 5) is 11.8. The van der Waals surface area contributed by atoms with E-state index in [1.165, 1.54) is 0 Å². The second-order valence-electron chi connectivity index (χ2n) is 4.88. The standard InChI is InChI=1S/C13H16BrClN2O2/c1-13(12(16)18,8-4-5-19-7-8)17-9-2-3-11(15)10(14)6-9/h2-3,6,8,17H,4-5,7H2,1H3,(H2,16,18). The van der Waals surface area contributed by atoms with E-state index >= 15 is 0 Å². The molecule has 1 aliphatic rings. The van der Waals surface area contributed by atoms with Gasteiger partial charge in [0, 0.05) is 22.7 Å². The Balaban J connectivity index is 2.25. The number of nitrogens with two attached hydrogens (primary N) is 1. The molecule has 19 heavy (non-hydrogen) atoms. The van der Waals surface area contributed by atoms with Crippen LogP contribution >= 0.6 is 27.5 Å². The predicted molar refractivity (Wildman–Crippen MR) is 79.3 cm³/mol. The number of primary amides is 1. The Kier molecular flexibility index (Phi) is 4.38. The minimum atomic E-state index is -0.830. The molecule has 0 bridgehead atoms. The zero-order chi connectivity index (χ0) is 14.0. The van der Waals surface area contributed by atoms with Crippen molar-refractivity contribution >= 4 is 39.1 Å². The van der Waals surface area contributed by atoms with Crippen LogP contribution in [0.15, 0.2) is 22.7 Å². The van der Waals surface area contributed by atoms with E-state index in [-0.39, 0.29) is 11.8 Å². The van der Waals surface area contributed by atoms with Gasteiger partial charge in [-0.25, -0.2) is 0 Å². The van der Waals surface area contributed by atoms with Gasteiger partial charge in [-0.15, -0.1) is 0 Å². The molecule has 0 spiro atoms. The van der Waals surface area contributed by atoms with Gasteiger partial charge in [0.2, 0.25) is 5.91 Å². The number of nitrogens with one attached hydrogen (secondary N) is 1. The van der Waals surface area contributed by atoms with Crippen molar-refractivity contribution in [2.24, 2.45) is 11.7 Å². The summed E-state index contributed by atoms with van der Waals surface area (Å²) in [5, 5.41) is 3.84. The van der Waals surface area contributed by atoms with Gasteiger partial charge in [-0.05, 0) is 47.5 Å². The summed E-state index contributed by atoms with van der Waals surface area (Å²) >= 11 is 9.32. The summed E-state index contributed by atoms with van der Waals surface area (Å²) in [5.41, 5.74) is 5.54. The highest BCUT2D eigenvalue weighted by Crippen LogP contribution is 2.32. The topological polar surface area (TPSA) is 64.3 Å². The summed E-state index contributed by atoms with van der Waals surface area (Å²) in [5.74, 6) is -0.312. The number of halogens is 2. The zero-order valence-electron chi connectivity index (χ0n) is 10.6. The Labute approximate surface area is 125 Å². The number of ether oxygens (including phenoxy) is 1. The second kappa shape index (κ2) is 5.69. The molecule has 2 rings (SSSR count). The first-order valence-electron chi connectivity index (χ1n) is 6.04. The first kappa shape index (κ1) is 14.6. The molecular formula is C13H16BrClN2O2. The molecular weight excluding hydrogens is 332 g/mol. The van der Waals surface area contributed by atoms with Gasteiger partial charge in [0.1, 0.15) is 5.54 Å². The molecule has 3 N–H and O–H groups in total. The second-order valence-corrected chi connectivity index (χ2v) is 6.14. The van der Waals surface area contributed by atoms with Gasteiger partial charge in [-0.2, -0.15) is 0 Å². The lowest BCUT2D eigenvalue weighted by atomic mass is 9.84. The zero-order valence-corrected chi connectivity index (χ0v) is 12.9. The molecule has 1 amide bonds. The number of rotatable bonds is 4. The average molecular weight is 348 g/mol. The number of benzene rings is 1. The molecule has 1 fully saturated rings. The SMILES string of the molecule is CC(Nc1ccc(Cl)c(Br)c1)(C(N)=O)C1CCOC1. The summed E-state index contributed by atoms with van der Waals surface area (Å²) in [6.07, 6.45) is 0.821. The third-order valence-corrected chi connectivity index (χ3v) is 4.80. The maximum absolute atomic E-state index is 11.8. The van der Waals surface area contributed by atoms with Gasteiger partial charge in [0.15, 0.2) is 0 Å². The molecule has 1 saturated heterocycles. The fourth-order valence-electron chi connectivity index (χ4n) is 2.23. The molecule has 2 atom stereocenters. The van der Waals surface area contributed by atoms with Crippen molar-refractivity contribution in [1.29, 1.82) is 0 Å². The minimum absolute atomic E-state index is 0.0689. The Morgan fingerprint density at radius 2 is 2.37 bits per heavy atom. The van der Waals surface area contributed by atoms with Crippen molar-refractivity contribution in [2.45, 2.75) is 18.9 Å². The van der Waals surface area contributed by atoms with Crippen LogP contribution in [0.4, 0.5) is 5.69 Å². The molecule has 0 radical (unpaired) electrons.